The number of aromatic nitrogens is 1. The Morgan fingerprint density at radius 2 is 0.898 bits per heavy atom. The second kappa shape index (κ2) is 18.4. The molecular formula is C82H53BN2O2S. The third-order valence-corrected chi connectivity index (χ3v) is 20.3. The van der Waals surface area contributed by atoms with Crippen LogP contribution in [0.2, 0.25) is 0 Å². The van der Waals surface area contributed by atoms with Gasteiger partial charge in [0.1, 0.15) is 22.3 Å². The summed E-state index contributed by atoms with van der Waals surface area (Å²) in [7, 11) is 0. The molecule has 0 radical (unpaired) electrons. The van der Waals surface area contributed by atoms with E-state index in [2.05, 4.69) is 297 Å². The average molecular weight is 1140 g/mol. The number of para-hydroxylation sites is 3. The van der Waals surface area contributed by atoms with Crippen LogP contribution in [0.5, 0.6) is 0 Å². The van der Waals surface area contributed by atoms with Crippen LogP contribution in [0.4, 0.5) is 17.1 Å². The second-order valence-electron chi connectivity index (χ2n) is 25.1. The molecule has 0 N–H and O–H groups in total. The first kappa shape index (κ1) is 49.6. The quantitative estimate of drug-likeness (QED) is 0.156. The SMILES string of the molecule is CC(C)(C)c1cc(-c2cccc(-c3ccccc3)c2)c(N2c3cc4c(cc3B3c5c2cc(-c2cccc6c2sc2ccccc26)cc5-n2c5cc6oc7ccccc7c6cc5c5cccc3c52)oc2ccccc24)c(-c2cccc(-c3ccccc3)c2)c1. The summed E-state index contributed by atoms with van der Waals surface area (Å²) in [4.78, 5) is 2.69. The van der Waals surface area contributed by atoms with Crippen molar-refractivity contribution >= 4 is 137 Å². The Kier molecular flexibility index (Phi) is 10.4. The van der Waals surface area contributed by atoms with E-state index in [0.29, 0.717) is 0 Å². The number of hydrogen-bond donors (Lipinski definition) is 0. The Hall–Kier alpha value is -10.7. The molecule has 0 atom stereocenters. The molecule has 0 unspecified atom stereocenters. The smallest absolute Gasteiger partial charge is 0.252 e. The lowest BCUT2D eigenvalue weighted by atomic mass is 9.33. The largest absolute Gasteiger partial charge is 0.456 e. The monoisotopic (exact) mass is 1140 g/mol. The van der Waals surface area contributed by atoms with Crippen LogP contribution in [0.25, 0.3) is 147 Å². The summed E-state index contributed by atoms with van der Waals surface area (Å²) < 4.78 is 19.0. The second-order valence-corrected chi connectivity index (χ2v) is 26.1. The first-order valence-corrected chi connectivity index (χ1v) is 31.3. The standard InChI is InChI=1S/C82H53BN2O2S/c1-82(2,3)55-42-62(52-26-16-24-50(38-52)48-20-6-4-7-21-48)79(63(43-55)53-27-17-25-51(39-53)49-22-8-5-9-23-49)85-70-45-66-58-29-11-14-36-74(58)86-75(66)46-68(70)83-67-34-19-32-60-64-44-65-57-28-10-13-35-73(57)87-76(65)47-69(64)84(80(60)67)71-40-54(41-72(85)78(71)83)56-31-18-33-61-59-30-12-15-37-77(59)88-81(56)61/h4-47H,1-3H3. The van der Waals surface area contributed by atoms with Gasteiger partial charge in [0, 0.05) is 92.3 Å². The Balaban J connectivity index is 1.01. The van der Waals surface area contributed by atoms with E-state index < -0.39 is 0 Å². The molecular weight excluding hydrogens is 1090 g/mol. The highest BCUT2D eigenvalue weighted by Crippen LogP contribution is 2.54. The molecule has 6 heterocycles. The first-order chi connectivity index (χ1) is 43.3. The van der Waals surface area contributed by atoms with E-state index in [1.165, 1.54) is 75.1 Å². The van der Waals surface area contributed by atoms with Gasteiger partial charge in [-0.25, -0.2) is 0 Å². The molecule has 0 saturated carbocycles. The van der Waals surface area contributed by atoms with Crippen molar-refractivity contribution < 1.29 is 8.83 Å². The molecule has 0 amide bonds. The lowest BCUT2D eigenvalue weighted by molar-refractivity contribution is 0.591. The lowest BCUT2D eigenvalue weighted by Crippen LogP contribution is -2.60. The molecule has 4 aromatic heterocycles. The van der Waals surface area contributed by atoms with Gasteiger partial charge in [-0.3, -0.25) is 0 Å². The molecule has 4 nitrogen and oxygen atoms in total. The first-order valence-electron chi connectivity index (χ1n) is 30.5. The van der Waals surface area contributed by atoms with E-state index in [1.807, 2.05) is 11.3 Å². The molecule has 17 aromatic rings. The zero-order valence-electron chi connectivity index (χ0n) is 48.6. The van der Waals surface area contributed by atoms with Gasteiger partial charge in [0.2, 0.25) is 0 Å². The number of anilines is 3. The van der Waals surface area contributed by atoms with E-state index >= 15 is 0 Å². The van der Waals surface area contributed by atoms with Gasteiger partial charge in [0.05, 0.1) is 11.2 Å². The van der Waals surface area contributed by atoms with Crippen LogP contribution in [-0.4, -0.2) is 11.3 Å². The van der Waals surface area contributed by atoms with E-state index in [4.69, 9.17) is 8.83 Å². The Morgan fingerprint density at radius 3 is 1.58 bits per heavy atom. The molecule has 2 aliphatic heterocycles. The molecule has 19 rings (SSSR count). The lowest BCUT2D eigenvalue weighted by Gasteiger charge is -2.42. The number of nitrogens with zero attached hydrogens (tertiary/aromatic N) is 2. The Morgan fingerprint density at radius 1 is 0.352 bits per heavy atom. The van der Waals surface area contributed by atoms with Crippen LogP contribution in [0.1, 0.15) is 26.3 Å². The van der Waals surface area contributed by atoms with Crippen molar-refractivity contribution in [2.45, 2.75) is 26.2 Å². The molecule has 88 heavy (non-hydrogen) atoms. The maximum Gasteiger partial charge on any atom is 0.252 e. The average Bonchev–Trinajstić information content (AvgIpc) is 1.24. The van der Waals surface area contributed by atoms with Gasteiger partial charge in [-0.15, -0.1) is 11.3 Å². The maximum absolute atomic E-state index is 7.01. The van der Waals surface area contributed by atoms with Gasteiger partial charge in [-0.1, -0.05) is 209 Å². The molecule has 6 heteroatoms. The van der Waals surface area contributed by atoms with Crippen molar-refractivity contribution in [3.63, 3.8) is 0 Å². The van der Waals surface area contributed by atoms with Gasteiger partial charge in [-0.2, -0.15) is 0 Å². The van der Waals surface area contributed by atoms with E-state index in [0.717, 1.165) is 111 Å². The topological polar surface area (TPSA) is 34.5 Å². The fourth-order valence-electron chi connectivity index (χ4n) is 15.0. The van der Waals surface area contributed by atoms with Crippen molar-refractivity contribution in [2.24, 2.45) is 0 Å². The van der Waals surface area contributed by atoms with Crippen LogP contribution in [0, 0.1) is 0 Å². The number of hydrogen-bond acceptors (Lipinski definition) is 4. The summed E-state index contributed by atoms with van der Waals surface area (Å²) in [5.41, 5.74) is 26.7. The Bertz CT molecular complexity index is 5710. The maximum atomic E-state index is 7.01. The van der Waals surface area contributed by atoms with Gasteiger partial charge in [0.25, 0.3) is 6.71 Å². The van der Waals surface area contributed by atoms with E-state index in [-0.39, 0.29) is 12.1 Å². The van der Waals surface area contributed by atoms with Gasteiger partial charge < -0.3 is 18.3 Å². The molecule has 0 spiro atoms. The van der Waals surface area contributed by atoms with Crippen molar-refractivity contribution in [3.05, 3.63) is 272 Å². The fourth-order valence-corrected chi connectivity index (χ4v) is 16.2. The molecule has 0 bridgehead atoms. The Labute approximate surface area is 512 Å². The van der Waals surface area contributed by atoms with Crippen LogP contribution in [0.3, 0.4) is 0 Å². The number of rotatable bonds is 6. The van der Waals surface area contributed by atoms with E-state index in [9.17, 15) is 0 Å². The summed E-state index contributed by atoms with van der Waals surface area (Å²) in [5.74, 6) is 0. The van der Waals surface area contributed by atoms with Gasteiger partial charge in [-0.05, 0) is 145 Å². The minimum absolute atomic E-state index is 0.184. The molecule has 13 aromatic carbocycles. The van der Waals surface area contributed by atoms with Gasteiger partial charge in [0.15, 0.2) is 0 Å². The molecule has 0 aliphatic carbocycles. The zero-order valence-corrected chi connectivity index (χ0v) is 49.4. The molecule has 2 aliphatic rings. The van der Waals surface area contributed by atoms with Crippen LogP contribution in [0.15, 0.2) is 276 Å². The number of thiophene rings is 1. The third kappa shape index (κ3) is 7.21. The number of furan rings is 2. The summed E-state index contributed by atoms with van der Waals surface area (Å²) in [6.07, 6.45) is 0. The number of fused-ring (bicyclic) bond motifs is 16. The van der Waals surface area contributed by atoms with E-state index in [1.54, 1.807) is 0 Å². The molecule has 412 valence electrons. The van der Waals surface area contributed by atoms with Gasteiger partial charge >= 0.3 is 0 Å². The van der Waals surface area contributed by atoms with Crippen molar-refractivity contribution in [1.82, 2.24) is 4.57 Å². The van der Waals surface area contributed by atoms with Crippen molar-refractivity contribution in [2.75, 3.05) is 4.90 Å². The summed E-state index contributed by atoms with van der Waals surface area (Å²) in [6, 6.07) is 99.6. The van der Waals surface area contributed by atoms with Crippen molar-refractivity contribution in [1.29, 1.82) is 0 Å². The predicted octanol–water partition coefficient (Wildman–Crippen LogP) is 21.2. The highest BCUT2D eigenvalue weighted by Gasteiger charge is 2.44. The highest BCUT2D eigenvalue weighted by atomic mass is 32.1. The highest BCUT2D eigenvalue weighted by molar-refractivity contribution is 7.26. The molecule has 0 fully saturated rings. The predicted molar refractivity (Wildman–Crippen MR) is 373 cm³/mol. The van der Waals surface area contributed by atoms with Crippen LogP contribution < -0.4 is 21.3 Å². The molecule has 0 saturated heterocycles. The normalized spacial score (nSPS) is 12.9. The minimum atomic E-state index is -0.222. The summed E-state index contributed by atoms with van der Waals surface area (Å²) >= 11 is 1.89. The number of benzene rings is 13. The van der Waals surface area contributed by atoms with Crippen LogP contribution >= 0.6 is 11.3 Å². The summed E-state index contributed by atoms with van der Waals surface area (Å²) in [6.45, 7) is 6.87. The third-order valence-electron chi connectivity index (χ3n) is 19.1. The zero-order chi connectivity index (χ0) is 58.1. The van der Waals surface area contributed by atoms with Crippen LogP contribution in [-0.2, 0) is 5.41 Å². The fraction of sp³-hybridized carbons (Fsp3) is 0.0488. The minimum Gasteiger partial charge on any atom is -0.456 e. The summed E-state index contributed by atoms with van der Waals surface area (Å²) in [5, 5.41) is 9.38. The van der Waals surface area contributed by atoms with Crippen molar-refractivity contribution in [3.8, 4) is 61.3 Å².